The van der Waals surface area contributed by atoms with Crippen LogP contribution in [0, 0.1) is 0 Å². The Bertz CT molecular complexity index is 551. The smallest absolute Gasteiger partial charge is 0.193 e. The second-order valence-electron chi connectivity index (χ2n) is 6.91. The van der Waals surface area contributed by atoms with Crippen molar-refractivity contribution in [2.24, 2.45) is 4.99 Å². The zero-order valence-corrected chi connectivity index (χ0v) is 16.4. The van der Waals surface area contributed by atoms with Crippen molar-refractivity contribution in [2.75, 3.05) is 32.8 Å². The minimum atomic E-state index is 0.311. The summed E-state index contributed by atoms with van der Waals surface area (Å²) in [5.74, 6) is 1.08. The molecule has 1 aliphatic heterocycles. The first-order chi connectivity index (χ1) is 12.2. The number of thioether (sulfide) groups is 1. The third-order valence-corrected chi connectivity index (χ3v) is 6.36. The Kier molecular flexibility index (Phi) is 6.65. The number of benzene rings is 1. The van der Waals surface area contributed by atoms with Gasteiger partial charge in [0, 0.05) is 35.9 Å². The second kappa shape index (κ2) is 8.95. The Morgan fingerprint density at radius 3 is 2.56 bits per heavy atom. The number of ether oxygens (including phenoxy) is 1. The average Bonchev–Trinajstić information content (AvgIpc) is 3.40. The van der Waals surface area contributed by atoms with Crippen molar-refractivity contribution in [1.29, 1.82) is 0 Å². The van der Waals surface area contributed by atoms with E-state index in [0.717, 1.165) is 51.6 Å². The maximum Gasteiger partial charge on any atom is 0.193 e. The molecular formula is C20H31N3OS. The molecule has 4 nitrogen and oxygen atoms in total. The quantitative estimate of drug-likeness (QED) is 0.592. The van der Waals surface area contributed by atoms with Gasteiger partial charge in [-0.05, 0) is 51.7 Å². The molecule has 3 rings (SSSR count). The molecule has 1 aromatic rings. The molecule has 1 saturated carbocycles. The van der Waals surface area contributed by atoms with Gasteiger partial charge in [-0.2, -0.15) is 0 Å². The van der Waals surface area contributed by atoms with Crippen molar-refractivity contribution >= 4 is 17.7 Å². The lowest BCUT2D eigenvalue weighted by Gasteiger charge is -2.34. The van der Waals surface area contributed by atoms with Gasteiger partial charge in [-0.15, -0.1) is 11.8 Å². The molecule has 5 heteroatoms. The highest BCUT2D eigenvalue weighted by molar-refractivity contribution is 8.01. The van der Waals surface area contributed by atoms with Crippen LogP contribution >= 0.6 is 11.8 Å². The lowest BCUT2D eigenvalue weighted by Crippen LogP contribution is -2.47. The molecule has 138 valence electrons. The van der Waals surface area contributed by atoms with E-state index in [2.05, 4.69) is 54.4 Å². The van der Waals surface area contributed by atoms with E-state index in [9.17, 15) is 0 Å². The van der Waals surface area contributed by atoms with Gasteiger partial charge in [-0.3, -0.25) is 4.99 Å². The Hall–Kier alpha value is -1.20. The maximum atomic E-state index is 5.77. The fourth-order valence-electron chi connectivity index (χ4n) is 3.29. The molecule has 1 saturated heterocycles. The number of aliphatic imine (C=N–C) groups is 1. The van der Waals surface area contributed by atoms with Gasteiger partial charge in [0.2, 0.25) is 0 Å². The van der Waals surface area contributed by atoms with Crippen molar-refractivity contribution in [3.8, 4) is 0 Å². The lowest BCUT2D eigenvalue weighted by molar-refractivity contribution is 0.0264. The zero-order valence-electron chi connectivity index (χ0n) is 15.5. The van der Waals surface area contributed by atoms with Crippen LogP contribution in [0.3, 0.4) is 0 Å². The summed E-state index contributed by atoms with van der Waals surface area (Å²) in [6, 6.07) is 10.7. The number of nitrogens with zero attached hydrogens (tertiary/aromatic N) is 2. The topological polar surface area (TPSA) is 36.9 Å². The van der Waals surface area contributed by atoms with E-state index in [1.807, 2.05) is 11.8 Å². The first-order valence-corrected chi connectivity index (χ1v) is 10.5. The van der Waals surface area contributed by atoms with Crippen LogP contribution in [0.2, 0.25) is 0 Å². The van der Waals surface area contributed by atoms with Crippen molar-refractivity contribution in [2.45, 2.75) is 55.3 Å². The molecule has 0 radical (unpaired) electrons. The summed E-state index contributed by atoms with van der Waals surface area (Å²) in [6.07, 6.45) is 5.15. The molecule has 0 atom stereocenters. The van der Waals surface area contributed by atoms with Crippen LogP contribution < -0.4 is 5.32 Å². The van der Waals surface area contributed by atoms with Crippen LogP contribution in [-0.2, 0) is 4.74 Å². The number of piperidine rings is 1. The molecule has 0 spiro atoms. The van der Waals surface area contributed by atoms with Gasteiger partial charge >= 0.3 is 0 Å². The van der Waals surface area contributed by atoms with E-state index < -0.39 is 0 Å². The van der Waals surface area contributed by atoms with E-state index in [1.165, 1.54) is 17.7 Å². The Morgan fingerprint density at radius 1 is 1.24 bits per heavy atom. The molecule has 0 unspecified atom stereocenters. The van der Waals surface area contributed by atoms with Crippen LogP contribution in [0.25, 0.3) is 0 Å². The zero-order chi connectivity index (χ0) is 17.5. The van der Waals surface area contributed by atoms with Gasteiger partial charge in [-0.1, -0.05) is 18.2 Å². The fourth-order valence-corrected chi connectivity index (χ4v) is 4.51. The standard InChI is InChI=1S/C20H31N3OS/c1-3-21-19(23-14-10-17(11-15-23)24-4-2)22-16-20(12-13-20)25-18-8-6-5-7-9-18/h5-9,17H,3-4,10-16H2,1-2H3,(H,21,22). The monoisotopic (exact) mass is 361 g/mol. The van der Waals surface area contributed by atoms with Gasteiger partial charge in [0.25, 0.3) is 0 Å². The molecule has 2 fully saturated rings. The van der Waals surface area contributed by atoms with Crippen LogP contribution in [0.1, 0.15) is 39.5 Å². The van der Waals surface area contributed by atoms with Gasteiger partial charge in [0.05, 0.1) is 12.6 Å². The van der Waals surface area contributed by atoms with E-state index in [4.69, 9.17) is 9.73 Å². The highest BCUT2D eigenvalue weighted by atomic mass is 32.2. The lowest BCUT2D eigenvalue weighted by atomic mass is 10.1. The van der Waals surface area contributed by atoms with Crippen molar-refractivity contribution in [1.82, 2.24) is 10.2 Å². The molecule has 2 aliphatic rings. The summed E-state index contributed by atoms with van der Waals surface area (Å²) in [4.78, 5) is 8.77. The minimum Gasteiger partial charge on any atom is -0.378 e. The normalized spacial score (nSPS) is 20.6. The Labute approximate surface area is 156 Å². The van der Waals surface area contributed by atoms with Gasteiger partial charge in [0.1, 0.15) is 0 Å². The predicted octanol–water partition coefficient (Wildman–Crippen LogP) is 3.78. The largest absolute Gasteiger partial charge is 0.378 e. The van der Waals surface area contributed by atoms with Crippen LogP contribution in [0.4, 0.5) is 0 Å². The van der Waals surface area contributed by atoms with E-state index in [1.54, 1.807) is 0 Å². The summed E-state index contributed by atoms with van der Waals surface area (Å²) in [5, 5.41) is 3.49. The van der Waals surface area contributed by atoms with E-state index >= 15 is 0 Å². The number of hydrogen-bond acceptors (Lipinski definition) is 3. The number of likely N-dealkylation sites (tertiary alicyclic amines) is 1. The summed E-state index contributed by atoms with van der Waals surface area (Å²) in [7, 11) is 0. The SMILES string of the molecule is CCNC(=NCC1(Sc2ccccc2)CC1)N1CCC(OCC)CC1. The van der Waals surface area contributed by atoms with Crippen LogP contribution in [0.5, 0.6) is 0 Å². The Balaban J connectivity index is 1.57. The molecule has 1 heterocycles. The second-order valence-corrected chi connectivity index (χ2v) is 8.45. The third-order valence-electron chi connectivity index (χ3n) is 4.88. The molecule has 1 N–H and O–H groups in total. The number of nitrogens with one attached hydrogen (secondary N) is 1. The minimum absolute atomic E-state index is 0.311. The highest BCUT2D eigenvalue weighted by Crippen LogP contribution is 2.51. The molecular weight excluding hydrogens is 330 g/mol. The van der Waals surface area contributed by atoms with E-state index in [0.29, 0.717) is 10.9 Å². The summed E-state index contributed by atoms with van der Waals surface area (Å²) < 4.78 is 6.08. The van der Waals surface area contributed by atoms with E-state index in [-0.39, 0.29) is 0 Å². The molecule has 25 heavy (non-hydrogen) atoms. The van der Waals surface area contributed by atoms with Crippen LogP contribution in [0.15, 0.2) is 40.2 Å². The molecule has 0 aromatic heterocycles. The molecule has 0 bridgehead atoms. The van der Waals surface area contributed by atoms with Gasteiger partial charge in [0.15, 0.2) is 5.96 Å². The third kappa shape index (κ3) is 5.38. The summed E-state index contributed by atoms with van der Waals surface area (Å²) in [6.45, 7) is 8.94. The number of guanidine groups is 1. The molecule has 1 aliphatic carbocycles. The highest BCUT2D eigenvalue weighted by Gasteiger charge is 2.43. The maximum absolute atomic E-state index is 5.77. The summed E-state index contributed by atoms with van der Waals surface area (Å²) >= 11 is 2.00. The van der Waals surface area contributed by atoms with Gasteiger partial charge < -0.3 is 15.0 Å². The summed E-state index contributed by atoms with van der Waals surface area (Å²) in [5.41, 5.74) is 0. The fraction of sp³-hybridized carbons (Fsp3) is 0.650. The first-order valence-electron chi connectivity index (χ1n) is 9.63. The van der Waals surface area contributed by atoms with Crippen molar-refractivity contribution in [3.05, 3.63) is 30.3 Å². The number of hydrogen-bond donors (Lipinski definition) is 1. The Morgan fingerprint density at radius 2 is 1.96 bits per heavy atom. The number of rotatable bonds is 7. The van der Waals surface area contributed by atoms with Crippen molar-refractivity contribution < 1.29 is 4.74 Å². The van der Waals surface area contributed by atoms with Gasteiger partial charge in [-0.25, -0.2) is 0 Å². The molecule has 1 aromatic carbocycles. The average molecular weight is 362 g/mol. The predicted molar refractivity (Wildman–Crippen MR) is 106 cm³/mol. The first kappa shape index (κ1) is 18.6. The van der Waals surface area contributed by atoms with Crippen LogP contribution in [-0.4, -0.2) is 54.5 Å². The van der Waals surface area contributed by atoms with Crippen molar-refractivity contribution in [3.63, 3.8) is 0 Å². The molecule has 0 amide bonds.